The zero-order valence-electron chi connectivity index (χ0n) is 11.9. The van der Waals surface area contributed by atoms with Gasteiger partial charge in [-0.05, 0) is 48.1 Å². The summed E-state index contributed by atoms with van der Waals surface area (Å²) in [5.74, 6) is 0.519. The number of carbonyl (C=O) groups is 1. The molecule has 19 heavy (non-hydrogen) atoms. The van der Waals surface area contributed by atoms with Crippen LogP contribution in [0, 0.1) is 0 Å². The Morgan fingerprint density at radius 3 is 2.74 bits per heavy atom. The molecule has 0 spiro atoms. The van der Waals surface area contributed by atoms with Gasteiger partial charge in [0.05, 0.1) is 0 Å². The second-order valence-electron chi connectivity index (χ2n) is 5.33. The minimum absolute atomic E-state index is 0.511. The standard InChI is InChI=1S/C17H20OS/c1-11(2)15-8-6-14(9-12(3)10-18)16-7-5-13(4)19-17(15)16/h5-11,13H,1-4H3/b12-9-. The average Bonchev–Trinajstić information content (AvgIpc) is 2.38. The molecule has 1 aliphatic rings. The van der Waals surface area contributed by atoms with Crippen LogP contribution in [0.2, 0.25) is 0 Å². The molecule has 0 amide bonds. The maximum Gasteiger partial charge on any atom is 0.145 e. The van der Waals surface area contributed by atoms with Crippen molar-refractivity contribution in [3.63, 3.8) is 0 Å². The first-order valence-corrected chi connectivity index (χ1v) is 7.56. The molecule has 1 atom stereocenters. The van der Waals surface area contributed by atoms with Crippen LogP contribution in [0.15, 0.2) is 28.7 Å². The number of rotatable bonds is 3. The Hall–Kier alpha value is -1.28. The van der Waals surface area contributed by atoms with Gasteiger partial charge in [-0.3, -0.25) is 4.79 Å². The lowest BCUT2D eigenvalue weighted by Gasteiger charge is -2.22. The summed E-state index contributed by atoms with van der Waals surface area (Å²) in [6, 6.07) is 4.33. The highest BCUT2D eigenvalue weighted by molar-refractivity contribution is 8.00. The predicted octanol–water partition coefficient (Wildman–Crippen LogP) is 4.92. The van der Waals surface area contributed by atoms with E-state index in [-0.39, 0.29) is 0 Å². The first-order chi connectivity index (χ1) is 9.02. The molecule has 0 aliphatic carbocycles. The van der Waals surface area contributed by atoms with E-state index in [0.29, 0.717) is 11.2 Å². The van der Waals surface area contributed by atoms with Gasteiger partial charge in [0.15, 0.2) is 0 Å². The summed E-state index contributed by atoms with van der Waals surface area (Å²) in [4.78, 5) is 12.2. The predicted molar refractivity (Wildman–Crippen MR) is 84.6 cm³/mol. The quantitative estimate of drug-likeness (QED) is 0.574. The van der Waals surface area contributed by atoms with Crippen LogP contribution in [0.3, 0.4) is 0 Å². The highest BCUT2D eigenvalue weighted by Crippen LogP contribution is 2.40. The fourth-order valence-electron chi connectivity index (χ4n) is 2.25. The van der Waals surface area contributed by atoms with Crippen molar-refractivity contribution in [3.05, 3.63) is 40.5 Å². The van der Waals surface area contributed by atoms with E-state index in [4.69, 9.17) is 0 Å². The zero-order chi connectivity index (χ0) is 14.0. The van der Waals surface area contributed by atoms with Crippen molar-refractivity contribution in [2.75, 3.05) is 0 Å². The Balaban J connectivity index is 2.60. The van der Waals surface area contributed by atoms with Crippen molar-refractivity contribution in [1.29, 1.82) is 0 Å². The molecule has 2 heteroatoms. The topological polar surface area (TPSA) is 17.1 Å². The van der Waals surface area contributed by atoms with Crippen LogP contribution in [-0.2, 0) is 4.79 Å². The molecule has 0 saturated carbocycles. The Morgan fingerprint density at radius 1 is 1.37 bits per heavy atom. The van der Waals surface area contributed by atoms with Gasteiger partial charge in [0.1, 0.15) is 6.29 Å². The molecular formula is C17H20OS. The molecule has 1 nitrogen and oxygen atoms in total. The van der Waals surface area contributed by atoms with Gasteiger partial charge in [-0.2, -0.15) is 0 Å². The van der Waals surface area contributed by atoms with Crippen molar-refractivity contribution in [2.45, 2.75) is 43.8 Å². The molecule has 1 aliphatic heterocycles. The summed E-state index contributed by atoms with van der Waals surface area (Å²) < 4.78 is 0. The molecule has 0 aromatic heterocycles. The molecule has 0 saturated heterocycles. The number of allylic oxidation sites excluding steroid dienone is 1. The Morgan fingerprint density at radius 2 is 2.11 bits per heavy atom. The lowest BCUT2D eigenvalue weighted by molar-refractivity contribution is -0.104. The van der Waals surface area contributed by atoms with Crippen molar-refractivity contribution in [1.82, 2.24) is 0 Å². The van der Waals surface area contributed by atoms with Crippen LogP contribution in [-0.4, -0.2) is 11.5 Å². The molecule has 0 radical (unpaired) electrons. The monoisotopic (exact) mass is 272 g/mol. The number of carbonyl (C=O) groups excluding carboxylic acids is 1. The second-order valence-corrected chi connectivity index (χ2v) is 6.72. The van der Waals surface area contributed by atoms with Crippen LogP contribution in [0.4, 0.5) is 0 Å². The van der Waals surface area contributed by atoms with Gasteiger partial charge >= 0.3 is 0 Å². The normalized spacial score (nSPS) is 18.6. The van der Waals surface area contributed by atoms with Crippen molar-refractivity contribution in [2.24, 2.45) is 0 Å². The molecule has 1 aromatic rings. The number of fused-ring (bicyclic) bond motifs is 1. The van der Waals surface area contributed by atoms with E-state index in [1.54, 1.807) is 0 Å². The molecular weight excluding hydrogens is 252 g/mol. The summed E-state index contributed by atoms with van der Waals surface area (Å²) in [7, 11) is 0. The summed E-state index contributed by atoms with van der Waals surface area (Å²) in [5, 5.41) is 0.511. The first-order valence-electron chi connectivity index (χ1n) is 6.68. The maximum atomic E-state index is 10.8. The molecule has 100 valence electrons. The minimum Gasteiger partial charge on any atom is -0.298 e. The molecule has 1 heterocycles. The number of aldehydes is 1. The Labute approximate surface area is 119 Å². The van der Waals surface area contributed by atoms with Crippen LogP contribution in [0.25, 0.3) is 12.2 Å². The van der Waals surface area contributed by atoms with E-state index >= 15 is 0 Å². The molecule has 0 bridgehead atoms. The van der Waals surface area contributed by atoms with E-state index in [0.717, 1.165) is 17.4 Å². The van der Waals surface area contributed by atoms with Crippen LogP contribution < -0.4 is 0 Å². The summed E-state index contributed by atoms with van der Waals surface area (Å²) in [6.07, 6.45) is 7.30. The van der Waals surface area contributed by atoms with Gasteiger partial charge in [0, 0.05) is 10.1 Å². The third-order valence-electron chi connectivity index (χ3n) is 3.29. The van der Waals surface area contributed by atoms with E-state index in [9.17, 15) is 4.79 Å². The lowest BCUT2D eigenvalue weighted by Crippen LogP contribution is -2.04. The van der Waals surface area contributed by atoms with Gasteiger partial charge in [-0.1, -0.05) is 38.1 Å². The third kappa shape index (κ3) is 3.01. The van der Waals surface area contributed by atoms with Gasteiger partial charge in [-0.15, -0.1) is 11.8 Å². The van der Waals surface area contributed by atoms with E-state index in [1.165, 1.54) is 16.0 Å². The SMILES string of the molecule is C/C(C=O)=C/c1ccc(C(C)C)c2c1C=CC(C)S2. The molecule has 2 rings (SSSR count). The number of hydrogen-bond donors (Lipinski definition) is 0. The number of thioether (sulfide) groups is 1. The summed E-state index contributed by atoms with van der Waals surface area (Å²) in [6.45, 7) is 8.52. The van der Waals surface area contributed by atoms with Crippen LogP contribution in [0.5, 0.6) is 0 Å². The first kappa shape index (κ1) is 14.1. The highest BCUT2D eigenvalue weighted by Gasteiger charge is 2.18. The lowest BCUT2D eigenvalue weighted by atomic mass is 9.95. The largest absolute Gasteiger partial charge is 0.298 e. The maximum absolute atomic E-state index is 10.8. The van der Waals surface area contributed by atoms with Gasteiger partial charge in [-0.25, -0.2) is 0 Å². The van der Waals surface area contributed by atoms with E-state index < -0.39 is 0 Å². The molecule has 1 unspecified atom stereocenters. The Kier molecular flexibility index (Phi) is 4.31. The highest BCUT2D eigenvalue weighted by atomic mass is 32.2. The molecule has 0 fully saturated rings. The van der Waals surface area contributed by atoms with E-state index in [2.05, 4.69) is 45.1 Å². The van der Waals surface area contributed by atoms with E-state index in [1.807, 2.05) is 24.8 Å². The smallest absolute Gasteiger partial charge is 0.145 e. The number of hydrogen-bond acceptors (Lipinski definition) is 2. The number of benzene rings is 1. The zero-order valence-corrected chi connectivity index (χ0v) is 12.8. The summed E-state index contributed by atoms with van der Waals surface area (Å²) >= 11 is 1.91. The van der Waals surface area contributed by atoms with Crippen molar-refractivity contribution >= 4 is 30.2 Å². The van der Waals surface area contributed by atoms with Gasteiger partial charge in [0.25, 0.3) is 0 Å². The summed E-state index contributed by atoms with van der Waals surface area (Å²) in [5.41, 5.74) is 4.56. The minimum atomic E-state index is 0.511. The fourth-order valence-corrected chi connectivity index (χ4v) is 3.53. The van der Waals surface area contributed by atoms with Crippen LogP contribution >= 0.6 is 11.8 Å². The van der Waals surface area contributed by atoms with Gasteiger partial charge in [0.2, 0.25) is 0 Å². The molecule has 0 N–H and O–H groups in total. The third-order valence-corrected chi connectivity index (χ3v) is 4.51. The average molecular weight is 272 g/mol. The second kappa shape index (κ2) is 5.79. The fraction of sp³-hybridized carbons (Fsp3) is 0.353. The molecule has 1 aromatic carbocycles. The van der Waals surface area contributed by atoms with Gasteiger partial charge < -0.3 is 0 Å². The Bertz CT molecular complexity index is 553. The van der Waals surface area contributed by atoms with Crippen molar-refractivity contribution in [3.8, 4) is 0 Å². The van der Waals surface area contributed by atoms with Crippen molar-refractivity contribution < 1.29 is 4.79 Å². The van der Waals surface area contributed by atoms with Crippen LogP contribution in [0.1, 0.15) is 50.3 Å².